The van der Waals surface area contributed by atoms with Crippen LogP contribution in [0.25, 0.3) is 10.8 Å². The van der Waals surface area contributed by atoms with Gasteiger partial charge < -0.3 is 15.2 Å². The molecule has 0 aromatic heterocycles. The zero-order valence-electron chi connectivity index (χ0n) is 20.3. The van der Waals surface area contributed by atoms with Crippen LogP contribution in [0.5, 0.6) is 0 Å². The zero-order valence-corrected chi connectivity index (χ0v) is 21.1. The molecular weight excluding hydrogens is 493 g/mol. The lowest BCUT2D eigenvalue weighted by atomic mass is 9.95. The first-order valence-electron chi connectivity index (χ1n) is 12.2. The molecule has 3 amide bonds. The van der Waals surface area contributed by atoms with Gasteiger partial charge in [0.1, 0.15) is 12.4 Å². The number of rotatable bonds is 9. The number of benzene rings is 2. The average molecular weight is 522 g/mol. The van der Waals surface area contributed by atoms with E-state index in [1.807, 2.05) is 24.3 Å². The number of anilines is 2. The van der Waals surface area contributed by atoms with Crippen LogP contribution in [-0.4, -0.2) is 46.4 Å². The van der Waals surface area contributed by atoms with E-state index in [9.17, 15) is 23.3 Å². The maximum Gasteiger partial charge on any atom is 0.277 e. The molecule has 37 heavy (non-hydrogen) atoms. The first kappa shape index (κ1) is 26.5. The Morgan fingerprint density at radius 3 is 2.49 bits per heavy atom. The van der Waals surface area contributed by atoms with E-state index in [0.29, 0.717) is 16.8 Å². The molecule has 0 saturated heterocycles. The van der Waals surface area contributed by atoms with E-state index in [1.54, 1.807) is 6.07 Å². The van der Waals surface area contributed by atoms with Crippen molar-refractivity contribution in [1.82, 2.24) is 5.32 Å². The first-order chi connectivity index (χ1) is 17.9. The third kappa shape index (κ3) is 7.44. The first-order valence-corrected chi connectivity index (χ1v) is 13.7. The third-order valence-corrected chi connectivity index (χ3v) is 7.34. The highest BCUT2D eigenvalue weighted by atomic mass is 32.2. The standard InChI is InChI=1S/C28H28FN3O4S/c29-21-13-15-23(16-14-21)31-27(34)18-37(36)19-28(35)32(17-26(33)30-22-9-2-1-3-10-22)25-12-6-8-20-7-4-5-11-24(20)25/h4-5,7,11-16,22H,1-3,9-10,17-19H2,(H,30,33)(H,31,34). The summed E-state index contributed by atoms with van der Waals surface area (Å²) in [5.41, 5.74) is 0.823. The molecule has 2 N–H and O–H groups in total. The molecule has 0 radical (unpaired) electrons. The Balaban J connectivity index is 1.46. The smallest absolute Gasteiger partial charge is 0.277 e. The second-order valence-electron chi connectivity index (χ2n) is 9.01. The minimum Gasteiger partial charge on any atom is -0.616 e. The van der Waals surface area contributed by atoms with Crippen molar-refractivity contribution in [3.63, 3.8) is 0 Å². The van der Waals surface area contributed by atoms with Crippen LogP contribution in [0.3, 0.4) is 0 Å². The van der Waals surface area contributed by atoms with Crippen molar-refractivity contribution < 1.29 is 23.3 Å². The van der Waals surface area contributed by atoms with Gasteiger partial charge in [0.25, 0.3) is 11.8 Å². The van der Waals surface area contributed by atoms with E-state index in [4.69, 9.17) is 0 Å². The predicted octanol–water partition coefficient (Wildman–Crippen LogP) is 3.75. The van der Waals surface area contributed by atoms with E-state index in [2.05, 4.69) is 22.8 Å². The maximum atomic E-state index is 13.4. The van der Waals surface area contributed by atoms with Crippen LogP contribution in [-0.2, 0) is 25.6 Å². The molecule has 1 fully saturated rings. The number of nitrogens with one attached hydrogen (secondary N) is 2. The Labute approximate surface area is 218 Å². The lowest BCUT2D eigenvalue weighted by Crippen LogP contribution is -2.46. The summed E-state index contributed by atoms with van der Waals surface area (Å²) in [6.07, 6.45) is 5.08. The van der Waals surface area contributed by atoms with E-state index >= 15 is 0 Å². The molecule has 1 atom stereocenters. The fourth-order valence-electron chi connectivity index (χ4n) is 4.41. The second kappa shape index (κ2) is 12.6. The topological polar surface area (TPSA) is 102 Å². The number of carbonyl (C=O) groups excluding carboxylic acids is 3. The molecule has 1 saturated carbocycles. The Morgan fingerprint density at radius 1 is 1.00 bits per heavy atom. The van der Waals surface area contributed by atoms with Crippen molar-refractivity contribution in [2.45, 2.75) is 38.1 Å². The van der Waals surface area contributed by atoms with Crippen LogP contribution in [0.15, 0.2) is 54.6 Å². The van der Waals surface area contributed by atoms with Gasteiger partial charge in [-0.25, -0.2) is 4.39 Å². The third-order valence-electron chi connectivity index (χ3n) is 6.19. The van der Waals surface area contributed by atoms with Crippen molar-refractivity contribution in [2.75, 3.05) is 28.3 Å². The van der Waals surface area contributed by atoms with E-state index in [-0.39, 0.29) is 18.5 Å². The van der Waals surface area contributed by atoms with Crippen molar-refractivity contribution in [2.24, 2.45) is 0 Å². The highest BCUT2D eigenvalue weighted by Crippen LogP contribution is 2.25. The Kier molecular flexibility index (Phi) is 8.99. The molecule has 3 aromatic carbocycles. The minimum atomic E-state index is -1.83. The fourth-order valence-corrected chi connectivity index (χ4v) is 5.31. The van der Waals surface area contributed by atoms with Gasteiger partial charge in [0.15, 0.2) is 11.5 Å². The van der Waals surface area contributed by atoms with Gasteiger partial charge in [0.05, 0.1) is 5.69 Å². The quantitative estimate of drug-likeness (QED) is 0.419. The largest absolute Gasteiger partial charge is 0.616 e. The Hall–Kier alpha value is -3.61. The highest BCUT2D eigenvalue weighted by molar-refractivity contribution is 7.92. The summed E-state index contributed by atoms with van der Waals surface area (Å²) in [5.74, 6) is -2.70. The van der Waals surface area contributed by atoms with Gasteiger partial charge in [-0.1, -0.05) is 49.6 Å². The molecule has 192 valence electrons. The normalized spacial score (nSPS) is 14.4. The van der Waals surface area contributed by atoms with E-state index in [0.717, 1.165) is 37.5 Å². The van der Waals surface area contributed by atoms with Gasteiger partial charge in [-0.3, -0.25) is 19.3 Å². The number of hydrogen-bond acceptors (Lipinski definition) is 4. The number of hydrogen-bond donors (Lipinski definition) is 2. The molecule has 9 heteroatoms. The van der Waals surface area contributed by atoms with Crippen molar-refractivity contribution in [3.05, 3.63) is 72.5 Å². The second-order valence-corrected chi connectivity index (χ2v) is 10.5. The monoisotopic (exact) mass is 521 g/mol. The van der Waals surface area contributed by atoms with E-state index < -0.39 is 40.3 Å². The van der Waals surface area contributed by atoms with Gasteiger partial charge in [-0.05, 0) is 54.3 Å². The number of carbonyl (C=O) groups is 3. The molecule has 0 bridgehead atoms. The van der Waals surface area contributed by atoms with Crippen molar-refractivity contribution >= 4 is 51.0 Å². The van der Waals surface area contributed by atoms with Gasteiger partial charge in [-0.15, -0.1) is 0 Å². The summed E-state index contributed by atoms with van der Waals surface area (Å²) in [6, 6.07) is 20.0. The molecule has 1 aliphatic carbocycles. The Bertz CT molecular complexity index is 1240. The van der Waals surface area contributed by atoms with Crippen LogP contribution in [0.4, 0.5) is 15.8 Å². The number of halogens is 1. The summed E-state index contributed by atoms with van der Waals surface area (Å²) >= 11 is -1.83. The summed E-state index contributed by atoms with van der Waals surface area (Å²) in [5, 5.41) is 7.00. The minimum absolute atomic E-state index is 0.0786. The van der Waals surface area contributed by atoms with Gasteiger partial charge in [0.2, 0.25) is 5.91 Å². The molecule has 4 rings (SSSR count). The SMILES string of the molecule is O=C(C[S+]([O-])CC(=O)N(CC(=O)NC1CCCCC1)c1cc#cc2ccccc12)Nc1ccc(F)cc1. The summed E-state index contributed by atoms with van der Waals surface area (Å²) < 4.78 is 25.8. The Morgan fingerprint density at radius 2 is 1.73 bits per heavy atom. The molecule has 7 nitrogen and oxygen atoms in total. The van der Waals surface area contributed by atoms with Crippen LogP contribution in [0.1, 0.15) is 32.1 Å². The number of amides is 3. The highest BCUT2D eigenvalue weighted by Gasteiger charge is 2.27. The van der Waals surface area contributed by atoms with Crippen LogP contribution in [0, 0.1) is 17.9 Å². The molecule has 0 aliphatic heterocycles. The molecular formula is C28H28FN3O4S. The van der Waals surface area contributed by atoms with Crippen LogP contribution in [0.2, 0.25) is 0 Å². The summed E-state index contributed by atoms with van der Waals surface area (Å²) in [4.78, 5) is 39.9. The van der Waals surface area contributed by atoms with Crippen molar-refractivity contribution in [1.29, 1.82) is 0 Å². The lowest BCUT2D eigenvalue weighted by Gasteiger charge is -2.26. The summed E-state index contributed by atoms with van der Waals surface area (Å²) in [6.45, 7) is -0.240. The fraction of sp³-hybridized carbons (Fsp3) is 0.321. The van der Waals surface area contributed by atoms with Gasteiger partial charge in [0, 0.05) is 28.6 Å². The molecule has 1 aliphatic rings. The lowest BCUT2D eigenvalue weighted by molar-refractivity contribution is -0.123. The molecule has 1 unspecified atom stereocenters. The molecule has 0 heterocycles. The summed E-state index contributed by atoms with van der Waals surface area (Å²) in [7, 11) is 0. The van der Waals surface area contributed by atoms with Crippen molar-refractivity contribution in [3.8, 4) is 0 Å². The predicted molar refractivity (Wildman–Crippen MR) is 142 cm³/mol. The molecule has 3 aromatic rings. The van der Waals surface area contributed by atoms with Crippen LogP contribution < -0.4 is 15.5 Å². The number of fused-ring (bicyclic) bond motifs is 1. The van der Waals surface area contributed by atoms with Gasteiger partial charge >= 0.3 is 0 Å². The van der Waals surface area contributed by atoms with E-state index in [1.165, 1.54) is 29.2 Å². The van der Waals surface area contributed by atoms with Gasteiger partial charge in [-0.2, -0.15) is 0 Å². The average Bonchev–Trinajstić information content (AvgIpc) is 2.88. The number of nitrogens with zero attached hydrogens (tertiary/aromatic N) is 1. The zero-order chi connectivity index (χ0) is 26.2. The van der Waals surface area contributed by atoms with Crippen LogP contribution >= 0.6 is 0 Å². The molecule has 0 spiro atoms. The maximum absolute atomic E-state index is 13.4.